The molecule has 3 rings (SSSR count). The van der Waals surface area contributed by atoms with Gasteiger partial charge in [-0.05, 0) is 24.6 Å². The van der Waals surface area contributed by atoms with Gasteiger partial charge >= 0.3 is 6.18 Å². The minimum Gasteiger partial charge on any atom is -0.346 e. The van der Waals surface area contributed by atoms with E-state index < -0.39 is 11.7 Å². The van der Waals surface area contributed by atoms with Gasteiger partial charge in [-0.3, -0.25) is 4.79 Å². The lowest BCUT2D eigenvalue weighted by Gasteiger charge is -2.35. The number of nitrogens with zero attached hydrogens (tertiary/aromatic N) is 3. The van der Waals surface area contributed by atoms with Crippen LogP contribution in [-0.4, -0.2) is 35.4 Å². The summed E-state index contributed by atoms with van der Waals surface area (Å²) in [6.45, 7) is 3.70. The SMILES string of the molecule is Cc1cccc(CN2CCN(c3ccc(C(F)(F)F)cn3)CC2=O)c1. The zero-order valence-corrected chi connectivity index (χ0v) is 13.8. The van der Waals surface area contributed by atoms with Crippen molar-refractivity contribution in [3.05, 3.63) is 59.3 Å². The largest absolute Gasteiger partial charge is 0.417 e. The van der Waals surface area contributed by atoms with E-state index in [9.17, 15) is 18.0 Å². The molecule has 132 valence electrons. The van der Waals surface area contributed by atoms with Crippen molar-refractivity contribution < 1.29 is 18.0 Å². The molecule has 7 heteroatoms. The smallest absolute Gasteiger partial charge is 0.346 e. The monoisotopic (exact) mass is 349 g/mol. The molecule has 25 heavy (non-hydrogen) atoms. The summed E-state index contributed by atoms with van der Waals surface area (Å²) in [4.78, 5) is 19.7. The average Bonchev–Trinajstić information content (AvgIpc) is 2.56. The number of alkyl halides is 3. The summed E-state index contributed by atoms with van der Waals surface area (Å²) in [7, 11) is 0. The van der Waals surface area contributed by atoms with Crippen molar-refractivity contribution in [3.63, 3.8) is 0 Å². The highest BCUT2D eigenvalue weighted by molar-refractivity contribution is 5.82. The number of hydrogen-bond donors (Lipinski definition) is 0. The maximum atomic E-state index is 12.6. The Morgan fingerprint density at radius 3 is 2.56 bits per heavy atom. The molecule has 1 aromatic heterocycles. The van der Waals surface area contributed by atoms with E-state index in [1.807, 2.05) is 31.2 Å². The van der Waals surface area contributed by atoms with Crippen molar-refractivity contribution in [3.8, 4) is 0 Å². The van der Waals surface area contributed by atoms with Gasteiger partial charge in [-0.15, -0.1) is 0 Å². The van der Waals surface area contributed by atoms with Crippen LogP contribution >= 0.6 is 0 Å². The number of piperazine rings is 1. The van der Waals surface area contributed by atoms with Gasteiger partial charge in [-0.1, -0.05) is 29.8 Å². The number of anilines is 1. The van der Waals surface area contributed by atoms with Crippen molar-refractivity contribution in [1.29, 1.82) is 0 Å². The Kier molecular flexibility index (Phi) is 4.65. The number of amides is 1. The molecule has 2 aromatic rings. The van der Waals surface area contributed by atoms with Gasteiger partial charge in [0.2, 0.25) is 5.91 Å². The number of halogens is 3. The second-order valence-electron chi connectivity index (χ2n) is 6.13. The summed E-state index contributed by atoms with van der Waals surface area (Å²) in [6.07, 6.45) is -3.60. The number of rotatable bonds is 3. The fourth-order valence-corrected chi connectivity index (χ4v) is 2.84. The lowest BCUT2D eigenvalue weighted by molar-refractivity contribution is -0.138. The van der Waals surface area contributed by atoms with Gasteiger partial charge in [0, 0.05) is 25.8 Å². The highest BCUT2D eigenvalue weighted by Crippen LogP contribution is 2.29. The number of hydrogen-bond acceptors (Lipinski definition) is 3. The van der Waals surface area contributed by atoms with Crippen LogP contribution in [-0.2, 0) is 17.5 Å². The normalized spacial score (nSPS) is 15.6. The van der Waals surface area contributed by atoms with Crippen LogP contribution in [0, 0.1) is 6.92 Å². The molecule has 0 bridgehead atoms. The lowest BCUT2D eigenvalue weighted by Crippen LogP contribution is -2.50. The first-order valence-corrected chi connectivity index (χ1v) is 7.94. The molecule has 0 aliphatic carbocycles. The van der Waals surface area contributed by atoms with Crippen LogP contribution < -0.4 is 4.90 Å². The van der Waals surface area contributed by atoms with E-state index in [4.69, 9.17) is 0 Å². The molecule has 0 saturated carbocycles. The van der Waals surface area contributed by atoms with Gasteiger partial charge < -0.3 is 9.80 Å². The predicted molar refractivity (Wildman–Crippen MR) is 88.0 cm³/mol. The standard InChI is InChI=1S/C18H18F3N3O/c1-13-3-2-4-14(9-13)11-24-8-7-23(12-17(24)25)16-6-5-15(10-22-16)18(19,20)21/h2-6,9-10H,7-8,11-12H2,1H3. The van der Waals surface area contributed by atoms with Gasteiger partial charge in [0.25, 0.3) is 0 Å². The number of aromatic nitrogens is 1. The minimum absolute atomic E-state index is 0.0607. The molecule has 4 nitrogen and oxygen atoms in total. The predicted octanol–water partition coefficient (Wildman–Crippen LogP) is 3.26. The zero-order valence-electron chi connectivity index (χ0n) is 13.8. The first-order valence-electron chi connectivity index (χ1n) is 7.94. The summed E-state index contributed by atoms with van der Waals surface area (Å²) < 4.78 is 37.8. The molecule has 1 aliphatic rings. The summed E-state index contributed by atoms with van der Waals surface area (Å²) in [6, 6.07) is 10.3. The maximum absolute atomic E-state index is 12.6. The molecule has 0 radical (unpaired) electrons. The van der Waals surface area contributed by atoms with Gasteiger partial charge in [-0.2, -0.15) is 13.2 Å². The Hall–Kier alpha value is -2.57. The van der Waals surface area contributed by atoms with E-state index >= 15 is 0 Å². The first-order chi connectivity index (χ1) is 11.8. The molecule has 0 atom stereocenters. The maximum Gasteiger partial charge on any atom is 0.417 e. The molecule has 0 unspecified atom stereocenters. The molecule has 1 aliphatic heterocycles. The summed E-state index contributed by atoms with van der Waals surface area (Å²) in [5, 5.41) is 0. The summed E-state index contributed by atoms with van der Waals surface area (Å²) in [5.74, 6) is 0.325. The third kappa shape index (κ3) is 4.10. The molecule has 0 spiro atoms. The van der Waals surface area contributed by atoms with Crippen LogP contribution in [0.4, 0.5) is 19.0 Å². The molecule has 1 fully saturated rings. The van der Waals surface area contributed by atoms with E-state index in [0.29, 0.717) is 25.5 Å². The minimum atomic E-state index is -4.41. The second-order valence-corrected chi connectivity index (χ2v) is 6.13. The Balaban J connectivity index is 1.64. The number of carbonyl (C=O) groups excluding carboxylic acids is 1. The molecule has 1 saturated heterocycles. The van der Waals surface area contributed by atoms with Crippen LogP contribution in [0.15, 0.2) is 42.6 Å². The van der Waals surface area contributed by atoms with Crippen LogP contribution in [0.5, 0.6) is 0 Å². The van der Waals surface area contributed by atoms with Crippen molar-refractivity contribution in [2.45, 2.75) is 19.6 Å². The van der Waals surface area contributed by atoms with Crippen molar-refractivity contribution in [1.82, 2.24) is 9.88 Å². The Morgan fingerprint density at radius 1 is 1.16 bits per heavy atom. The van der Waals surface area contributed by atoms with E-state index in [1.165, 1.54) is 6.07 Å². The molecule has 1 aromatic carbocycles. The fourth-order valence-electron chi connectivity index (χ4n) is 2.84. The van der Waals surface area contributed by atoms with Gasteiger partial charge in [0.05, 0.1) is 12.1 Å². The Bertz CT molecular complexity index is 759. The van der Waals surface area contributed by atoms with Crippen molar-refractivity contribution in [2.24, 2.45) is 0 Å². The molecular weight excluding hydrogens is 331 g/mol. The zero-order chi connectivity index (χ0) is 18.0. The summed E-state index contributed by atoms with van der Waals surface area (Å²) >= 11 is 0. The molecule has 1 amide bonds. The van der Waals surface area contributed by atoms with E-state index in [0.717, 1.165) is 23.4 Å². The third-order valence-electron chi connectivity index (χ3n) is 4.17. The Morgan fingerprint density at radius 2 is 1.96 bits per heavy atom. The highest BCUT2D eigenvalue weighted by Gasteiger charge is 2.31. The molecule has 0 N–H and O–H groups in total. The quantitative estimate of drug-likeness (QED) is 0.853. The van der Waals surface area contributed by atoms with Gasteiger partial charge in [0.15, 0.2) is 0 Å². The van der Waals surface area contributed by atoms with Gasteiger partial charge in [0.1, 0.15) is 5.82 Å². The van der Waals surface area contributed by atoms with E-state index in [-0.39, 0.29) is 12.5 Å². The topological polar surface area (TPSA) is 36.4 Å². The fraction of sp³-hybridized carbons (Fsp3) is 0.333. The third-order valence-corrected chi connectivity index (χ3v) is 4.17. The van der Waals surface area contributed by atoms with Crippen molar-refractivity contribution >= 4 is 11.7 Å². The van der Waals surface area contributed by atoms with Crippen LogP contribution in [0.25, 0.3) is 0 Å². The van der Waals surface area contributed by atoms with Crippen LogP contribution in [0.1, 0.15) is 16.7 Å². The van der Waals surface area contributed by atoms with E-state index in [2.05, 4.69) is 4.98 Å². The van der Waals surface area contributed by atoms with Crippen LogP contribution in [0.2, 0.25) is 0 Å². The molecular formula is C18H18F3N3O. The lowest BCUT2D eigenvalue weighted by atomic mass is 10.1. The Labute approximate surface area is 143 Å². The van der Waals surface area contributed by atoms with E-state index in [1.54, 1.807) is 9.80 Å². The number of benzene rings is 1. The number of pyridine rings is 1. The van der Waals surface area contributed by atoms with Crippen LogP contribution in [0.3, 0.4) is 0 Å². The molecule has 2 heterocycles. The van der Waals surface area contributed by atoms with Gasteiger partial charge in [-0.25, -0.2) is 4.98 Å². The number of aryl methyl sites for hydroxylation is 1. The number of carbonyl (C=O) groups is 1. The first kappa shape index (κ1) is 17.3. The summed E-state index contributed by atoms with van der Waals surface area (Å²) in [5.41, 5.74) is 1.41. The second kappa shape index (κ2) is 6.74. The highest BCUT2D eigenvalue weighted by atomic mass is 19.4. The average molecular weight is 349 g/mol. The van der Waals surface area contributed by atoms with Crippen molar-refractivity contribution in [2.75, 3.05) is 24.5 Å².